The highest BCUT2D eigenvalue weighted by atomic mass is 16.2. The van der Waals surface area contributed by atoms with E-state index in [0.29, 0.717) is 13.1 Å². The zero-order chi connectivity index (χ0) is 15.3. The van der Waals surface area contributed by atoms with Crippen LogP contribution in [0.25, 0.3) is 0 Å². The number of carbonyl (C=O) groups excluding carboxylic acids is 1. The number of anilines is 1. The van der Waals surface area contributed by atoms with Crippen LogP contribution in [0.5, 0.6) is 0 Å². The predicted octanol–water partition coefficient (Wildman–Crippen LogP) is 2.46. The van der Waals surface area contributed by atoms with Crippen molar-refractivity contribution in [2.45, 2.75) is 38.1 Å². The lowest BCUT2D eigenvalue weighted by Crippen LogP contribution is -2.55. The summed E-state index contributed by atoms with van der Waals surface area (Å²) in [6, 6.07) is 9.58. The lowest BCUT2D eigenvalue weighted by molar-refractivity contribution is -0.118. The molecular formula is C17H27N3O. The first-order valence-electron chi connectivity index (χ1n) is 7.82. The van der Waals surface area contributed by atoms with Crippen molar-refractivity contribution < 1.29 is 4.79 Å². The molecule has 0 heterocycles. The van der Waals surface area contributed by atoms with Crippen LogP contribution in [0.1, 0.15) is 32.6 Å². The number of benzene rings is 1. The maximum atomic E-state index is 12.2. The number of nitrogens with zero attached hydrogens (tertiary/aromatic N) is 1. The van der Waals surface area contributed by atoms with Gasteiger partial charge in [-0.1, -0.05) is 25.1 Å². The van der Waals surface area contributed by atoms with Gasteiger partial charge in [0.1, 0.15) is 0 Å². The van der Waals surface area contributed by atoms with Gasteiger partial charge in [0.2, 0.25) is 5.91 Å². The van der Waals surface area contributed by atoms with Crippen LogP contribution in [0.3, 0.4) is 0 Å². The molecule has 0 aromatic heterocycles. The van der Waals surface area contributed by atoms with Gasteiger partial charge in [0.15, 0.2) is 0 Å². The number of rotatable bonds is 5. The van der Waals surface area contributed by atoms with Crippen molar-refractivity contribution in [3.8, 4) is 0 Å². The van der Waals surface area contributed by atoms with Crippen LogP contribution in [0.2, 0.25) is 0 Å². The Hall–Kier alpha value is -1.39. The van der Waals surface area contributed by atoms with E-state index in [2.05, 4.69) is 17.1 Å². The minimum Gasteiger partial charge on any atom is -0.329 e. The van der Waals surface area contributed by atoms with Crippen molar-refractivity contribution in [1.29, 1.82) is 0 Å². The second-order valence-electron chi connectivity index (χ2n) is 6.38. The second kappa shape index (κ2) is 7.05. The van der Waals surface area contributed by atoms with E-state index in [1.807, 2.05) is 37.4 Å². The Bertz CT molecular complexity index is 452. The number of hydrogen-bond acceptors (Lipinski definition) is 3. The first-order chi connectivity index (χ1) is 10.1. The van der Waals surface area contributed by atoms with E-state index in [-0.39, 0.29) is 11.4 Å². The number of hydrogen-bond donors (Lipinski definition) is 2. The highest BCUT2D eigenvalue weighted by Crippen LogP contribution is 2.34. The van der Waals surface area contributed by atoms with Crippen LogP contribution in [-0.2, 0) is 4.79 Å². The Balaban J connectivity index is 1.93. The summed E-state index contributed by atoms with van der Waals surface area (Å²) in [6.07, 6.45) is 4.56. The van der Waals surface area contributed by atoms with Crippen LogP contribution in [0, 0.1) is 5.92 Å². The predicted molar refractivity (Wildman–Crippen MR) is 87.1 cm³/mol. The Morgan fingerprint density at radius 2 is 1.95 bits per heavy atom. The molecule has 1 aromatic carbocycles. The average Bonchev–Trinajstić information content (AvgIpc) is 2.49. The van der Waals surface area contributed by atoms with Crippen molar-refractivity contribution in [2.75, 3.05) is 25.5 Å². The maximum absolute atomic E-state index is 12.2. The van der Waals surface area contributed by atoms with Gasteiger partial charge in [0, 0.05) is 17.8 Å². The SMILES string of the molecule is CC1CCC(CN)(N(C)CC(=O)Nc2ccccc2)CC1. The van der Waals surface area contributed by atoms with Gasteiger partial charge >= 0.3 is 0 Å². The standard InChI is InChI=1S/C17H27N3O/c1-14-8-10-17(13-18,11-9-14)20(2)12-16(21)19-15-6-4-3-5-7-15/h3-7,14H,8-13,18H2,1-2H3,(H,19,21). The minimum absolute atomic E-state index is 0.0134. The fraction of sp³-hybridized carbons (Fsp3) is 0.588. The van der Waals surface area contributed by atoms with Crippen LogP contribution < -0.4 is 11.1 Å². The third kappa shape index (κ3) is 4.05. The van der Waals surface area contributed by atoms with Gasteiger partial charge < -0.3 is 11.1 Å². The Morgan fingerprint density at radius 1 is 1.33 bits per heavy atom. The molecule has 0 spiro atoms. The zero-order valence-electron chi connectivity index (χ0n) is 13.1. The number of likely N-dealkylation sites (N-methyl/N-ethyl adjacent to an activating group) is 1. The van der Waals surface area contributed by atoms with E-state index < -0.39 is 0 Å². The monoisotopic (exact) mass is 289 g/mol. The number of para-hydroxylation sites is 1. The first-order valence-corrected chi connectivity index (χ1v) is 7.82. The second-order valence-corrected chi connectivity index (χ2v) is 6.38. The molecule has 0 unspecified atom stereocenters. The van der Waals surface area contributed by atoms with Crippen LogP contribution in [0.4, 0.5) is 5.69 Å². The molecule has 0 bridgehead atoms. The van der Waals surface area contributed by atoms with Crippen LogP contribution >= 0.6 is 0 Å². The summed E-state index contributed by atoms with van der Waals surface area (Å²) in [6.45, 7) is 3.30. The van der Waals surface area contributed by atoms with Crippen LogP contribution in [0.15, 0.2) is 30.3 Å². The molecule has 1 aliphatic carbocycles. The quantitative estimate of drug-likeness (QED) is 0.875. The highest BCUT2D eigenvalue weighted by molar-refractivity contribution is 5.92. The summed E-state index contributed by atoms with van der Waals surface area (Å²) in [7, 11) is 2.02. The lowest BCUT2D eigenvalue weighted by atomic mass is 9.76. The molecule has 1 aliphatic rings. The topological polar surface area (TPSA) is 58.4 Å². The molecule has 3 N–H and O–H groups in total. The van der Waals surface area contributed by atoms with Gasteiger partial charge in [-0.05, 0) is 50.8 Å². The van der Waals surface area contributed by atoms with Gasteiger partial charge in [-0.3, -0.25) is 9.69 Å². The fourth-order valence-corrected chi connectivity index (χ4v) is 3.15. The van der Waals surface area contributed by atoms with Crippen molar-refractivity contribution in [2.24, 2.45) is 11.7 Å². The van der Waals surface area contributed by atoms with Gasteiger partial charge in [-0.2, -0.15) is 0 Å². The largest absolute Gasteiger partial charge is 0.329 e. The summed E-state index contributed by atoms with van der Waals surface area (Å²) in [5, 5.41) is 2.94. The third-order valence-corrected chi connectivity index (χ3v) is 4.83. The number of amides is 1. The Labute approximate surface area is 127 Å². The molecule has 2 rings (SSSR count). The van der Waals surface area contributed by atoms with E-state index in [4.69, 9.17) is 5.73 Å². The van der Waals surface area contributed by atoms with Gasteiger partial charge in [-0.15, -0.1) is 0 Å². The minimum atomic E-state index is -0.0134. The van der Waals surface area contributed by atoms with Crippen LogP contribution in [-0.4, -0.2) is 36.5 Å². The van der Waals surface area contributed by atoms with Crippen molar-refractivity contribution in [3.05, 3.63) is 30.3 Å². The summed E-state index contributed by atoms with van der Waals surface area (Å²) in [4.78, 5) is 14.3. The molecule has 0 radical (unpaired) electrons. The Kier molecular flexibility index (Phi) is 5.37. The smallest absolute Gasteiger partial charge is 0.238 e. The summed E-state index contributed by atoms with van der Waals surface area (Å²) in [5.41, 5.74) is 6.87. The third-order valence-electron chi connectivity index (χ3n) is 4.83. The van der Waals surface area contributed by atoms with Crippen molar-refractivity contribution in [3.63, 3.8) is 0 Å². The molecule has 21 heavy (non-hydrogen) atoms. The molecule has 0 aliphatic heterocycles. The number of nitrogens with two attached hydrogens (primary N) is 1. The fourth-order valence-electron chi connectivity index (χ4n) is 3.15. The molecule has 116 valence electrons. The highest BCUT2D eigenvalue weighted by Gasteiger charge is 2.37. The zero-order valence-corrected chi connectivity index (χ0v) is 13.1. The molecule has 1 aromatic rings. The summed E-state index contributed by atoms with van der Waals surface area (Å²) >= 11 is 0. The molecule has 4 heteroatoms. The van der Waals surface area contributed by atoms with Gasteiger partial charge in [0.25, 0.3) is 0 Å². The molecule has 1 amide bonds. The maximum Gasteiger partial charge on any atom is 0.238 e. The van der Waals surface area contributed by atoms with E-state index in [1.54, 1.807) is 0 Å². The van der Waals surface area contributed by atoms with Gasteiger partial charge in [-0.25, -0.2) is 0 Å². The van der Waals surface area contributed by atoms with Crippen molar-refractivity contribution in [1.82, 2.24) is 4.90 Å². The average molecular weight is 289 g/mol. The van der Waals surface area contributed by atoms with Crippen molar-refractivity contribution >= 4 is 11.6 Å². The Morgan fingerprint density at radius 3 is 2.52 bits per heavy atom. The lowest BCUT2D eigenvalue weighted by Gasteiger charge is -2.45. The number of carbonyl (C=O) groups is 1. The first kappa shape index (κ1) is 16.0. The molecular weight excluding hydrogens is 262 g/mol. The van der Waals surface area contributed by atoms with E-state index in [1.165, 1.54) is 12.8 Å². The van der Waals surface area contributed by atoms with Gasteiger partial charge in [0.05, 0.1) is 6.54 Å². The molecule has 1 fully saturated rings. The van der Waals surface area contributed by atoms with E-state index in [9.17, 15) is 4.79 Å². The summed E-state index contributed by atoms with van der Waals surface area (Å²) in [5.74, 6) is 0.798. The van der Waals surface area contributed by atoms with E-state index in [0.717, 1.165) is 24.4 Å². The van der Waals surface area contributed by atoms with E-state index >= 15 is 0 Å². The summed E-state index contributed by atoms with van der Waals surface area (Å²) < 4.78 is 0. The molecule has 4 nitrogen and oxygen atoms in total. The molecule has 1 saturated carbocycles. The number of nitrogens with one attached hydrogen (secondary N) is 1. The molecule has 0 atom stereocenters. The molecule has 0 saturated heterocycles. The normalized spacial score (nSPS) is 25.8.